The Labute approximate surface area is 131 Å². The molecule has 8 heteroatoms. The number of hydroxylamine groups is 1. The summed E-state index contributed by atoms with van der Waals surface area (Å²) in [6.07, 6.45) is 1.64. The molecule has 21 heavy (non-hydrogen) atoms. The predicted octanol–water partition coefficient (Wildman–Crippen LogP) is 1.52. The monoisotopic (exact) mass is 374 g/mol. The van der Waals surface area contributed by atoms with Gasteiger partial charge in [-0.1, -0.05) is 12.1 Å². The fraction of sp³-hybridized carbons (Fsp3) is 0.385. The second kappa shape index (κ2) is 6.05. The number of ether oxygens (including phenoxy) is 1. The summed E-state index contributed by atoms with van der Waals surface area (Å²) in [5.41, 5.74) is 3.59. The molecule has 0 aliphatic carbocycles. The Kier molecular flexibility index (Phi) is 4.32. The maximum Gasteiger partial charge on any atom is 0.243 e. The molecular formula is C13H15BrN2O4S. The lowest BCUT2D eigenvalue weighted by Gasteiger charge is -2.26. The van der Waals surface area contributed by atoms with Gasteiger partial charge in [0.25, 0.3) is 0 Å². The molecule has 1 fully saturated rings. The van der Waals surface area contributed by atoms with E-state index in [1.54, 1.807) is 24.3 Å². The topological polar surface area (TPSA) is 67.9 Å². The highest BCUT2D eigenvalue weighted by atomic mass is 79.9. The second-order valence-electron chi connectivity index (χ2n) is 4.74. The molecular weight excluding hydrogens is 360 g/mol. The average Bonchev–Trinajstić information content (AvgIpc) is 2.95. The highest BCUT2D eigenvalue weighted by Crippen LogP contribution is 2.27. The zero-order valence-electron chi connectivity index (χ0n) is 11.2. The normalized spacial score (nSPS) is 23.7. The van der Waals surface area contributed by atoms with Gasteiger partial charge in [-0.3, -0.25) is 10.3 Å². The molecule has 6 nitrogen and oxygen atoms in total. The zero-order chi connectivity index (χ0) is 14.9. The third-order valence-electron chi connectivity index (χ3n) is 3.40. The van der Waals surface area contributed by atoms with E-state index in [9.17, 15) is 8.42 Å². The fourth-order valence-corrected chi connectivity index (χ4v) is 3.99. The Balaban J connectivity index is 1.80. The van der Waals surface area contributed by atoms with Crippen LogP contribution in [0.25, 0.3) is 0 Å². The highest BCUT2D eigenvalue weighted by Gasteiger charge is 2.26. The minimum atomic E-state index is -3.44. The van der Waals surface area contributed by atoms with E-state index in [0.29, 0.717) is 31.2 Å². The van der Waals surface area contributed by atoms with Crippen LogP contribution in [0.1, 0.15) is 11.7 Å². The van der Waals surface area contributed by atoms with Crippen molar-refractivity contribution in [1.29, 1.82) is 0 Å². The summed E-state index contributed by atoms with van der Waals surface area (Å²) in [4.78, 5) is 5.62. The van der Waals surface area contributed by atoms with E-state index in [2.05, 4.69) is 21.4 Å². The molecule has 0 spiro atoms. The van der Waals surface area contributed by atoms with Crippen molar-refractivity contribution in [3.63, 3.8) is 0 Å². The first-order chi connectivity index (χ1) is 10.1. The summed E-state index contributed by atoms with van der Waals surface area (Å²) >= 11 is 3.28. The Morgan fingerprint density at radius 2 is 1.86 bits per heavy atom. The molecule has 0 unspecified atom stereocenters. The maximum absolute atomic E-state index is 12.5. The molecule has 0 saturated carbocycles. The van der Waals surface area contributed by atoms with E-state index in [-0.39, 0.29) is 6.10 Å². The summed E-state index contributed by atoms with van der Waals surface area (Å²) in [6.45, 7) is 1.68. The fourth-order valence-electron chi connectivity index (χ4n) is 2.25. The lowest BCUT2D eigenvalue weighted by atomic mass is 10.1. The molecule has 0 bridgehead atoms. The quantitative estimate of drug-likeness (QED) is 0.812. The van der Waals surface area contributed by atoms with Crippen LogP contribution < -0.4 is 5.48 Å². The lowest BCUT2D eigenvalue weighted by molar-refractivity contribution is 0.0457. The van der Waals surface area contributed by atoms with E-state index in [1.165, 1.54) is 4.31 Å². The number of nitrogens with zero attached hydrogens (tertiary/aromatic N) is 1. The number of hydrogen-bond acceptors (Lipinski definition) is 5. The van der Waals surface area contributed by atoms with Crippen molar-refractivity contribution in [1.82, 2.24) is 9.79 Å². The largest absolute Gasteiger partial charge is 0.379 e. The minimum absolute atomic E-state index is 0.223. The smallest absolute Gasteiger partial charge is 0.243 e. The van der Waals surface area contributed by atoms with Crippen LogP contribution in [0.3, 0.4) is 0 Å². The molecule has 2 heterocycles. The van der Waals surface area contributed by atoms with Crippen LogP contribution in [0.5, 0.6) is 0 Å². The van der Waals surface area contributed by atoms with Gasteiger partial charge in [-0.15, -0.1) is 0 Å². The highest BCUT2D eigenvalue weighted by molar-refractivity contribution is 9.11. The van der Waals surface area contributed by atoms with E-state index in [1.807, 2.05) is 6.08 Å². The second-order valence-corrected chi connectivity index (χ2v) is 7.53. The molecule has 1 atom stereocenters. The van der Waals surface area contributed by atoms with Crippen LogP contribution in [-0.4, -0.2) is 39.0 Å². The third-order valence-corrected chi connectivity index (χ3v) is 5.74. The number of halogens is 1. The van der Waals surface area contributed by atoms with Gasteiger partial charge >= 0.3 is 0 Å². The molecule has 1 aromatic carbocycles. The van der Waals surface area contributed by atoms with Crippen molar-refractivity contribution in [2.75, 3.05) is 26.3 Å². The Morgan fingerprint density at radius 1 is 1.19 bits per heavy atom. The molecule has 0 radical (unpaired) electrons. The van der Waals surface area contributed by atoms with Crippen molar-refractivity contribution in [3.05, 3.63) is 40.5 Å². The van der Waals surface area contributed by atoms with Crippen LogP contribution >= 0.6 is 15.9 Å². The first-order valence-electron chi connectivity index (χ1n) is 6.54. The maximum atomic E-state index is 12.5. The molecule has 1 aromatic rings. The van der Waals surface area contributed by atoms with Crippen LogP contribution in [0, 0.1) is 0 Å². The Bertz CT molecular complexity index is 639. The first-order valence-corrected chi connectivity index (χ1v) is 8.77. The minimum Gasteiger partial charge on any atom is -0.379 e. The summed E-state index contributed by atoms with van der Waals surface area (Å²) in [5.74, 6) is 0. The Morgan fingerprint density at radius 3 is 2.43 bits per heavy atom. The van der Waals surface area contributed by atoms with Crippen molar-refractivity contribution in [2.24, 2.45) is 0 Å². The number of morpholine rings is 1. The first kappa shape index (κ1) is 15.0. The van der Waals surface area contributed by atoms with Crippen molar-refractivity contribution < 1.29 is 18.0 Å². The summed E-state index contributed by atoms with van der Waals surface area (Å²) in [5, 5.41) is 0. The van der Waals surface area contributed by atoms with Gasteiger partial charge in [0.15, 0.2) is 0 Å². The number of sulfonamides is 1. The zero-order valence-corrected chi connectivity index (χ0v) is 13.6. The van der Waals surface area contributed by atoms with Crippen molar-refractivity contribution in [2.45, 2.75) is 11.0 Å². The van der Waals surface area contributed by atoms with Gasteiger partial charge in [-0.2, -0.15) is 4.31 Å². The molecule has 114 valence electrons. The van der Waals surface area contributed by atoms with Crippen molar-refractivity contribution >= 4 is 26.0 Å². The van der Waals surface area contributed by atoms with E-state index in [4.69, 9.17) is 9.57 Å². The third kappa shape index (κ3) is 3.14. The predicted molar refractivity (Wildman–Crippen MR) is 80.0 cm³/mol. The molecule has 2 aliphatic heterocycles. The lowest BCUT2D eigenvalue weighted by Crippen LogP contribution is -2.40. The Hall–Kier alpha value is -0.930. The molecule has 3 rings (SSSR count). The summed E-state index contributed by atoms with van der Waals surface area (Å²) in [6, 6.07) is 6.76. The van der Waals surface area contributed by atoms with Gasteiger partial charge in [0.05, 0.1) is 18.1 Å². The summed E-state index contributed by atoms with van der Waals surface area (Å²) < 4.78 is 32.4. The van der Waals surface area contributed by atoms with Gasteiger partial charge in [0, 0.05) is 13.1 Å². The van der Waals surface area contributed by atoms with Crippen LogP contribution in [-0.2, 0) is 19.6 Å². The standard InChI is InChI=1S/C13H15BrN2O4S/c14-13-9-12(20-15-13)10-1-3-11(4-2-10)21(17,18)16-5-7-19-8-6-16/h1-4,9,12,15H,5-8H2/t12-/m1/s1. The van der Waals surface area contributed by atoms with Crippen LogP contribution in [0.15, 0.2) is 39.8 Å². The van der Waals surface area contributed by atoms with Gasteiger partial charge in [0.2, 0.25) is 10.0 Å². The SMILES string of the molecule is O=S(=O)(c1ccc([C@H]2C=C(Br)NO2)cc1)N1CCOCC1. The molecule has 0 amide bonds. The van der Waals surface area contributed by atoms with E-state index in [0.717, 1.165) is 10.2 Å². The van der Waals surface area contributed by atoms with Crippen molar-refractivity contribution in [3.8, 4) is 0 Å². The number of nitrogens with one attached hydrogen (secondary N) is 1. The number of benzene rings is 1. The van der Waals surface area contributed by atoms with E-state index < -0.39 is 10.0 Å². The van der Waals surface area contributed by atoms with E-state index >= 15 is 0 Å². The van der Waals surface area contributed by atoms with Gasteiger partial charge in [-0.05, 0) is 39.7 Å². The average molecular weight is 375 g/mol. The van der Waals surface area contributed by atoms with Gasteiger partial charge < -0.3 is 4.74 Å². The molecule has 1 saturated heterocycles. The van der Waals surface area contributed by atoms with Crippen LogP contribution in [0.2, 0.25) is 0 Å². The molecule has 0 aromatic heterocycles. The summed E-state index contributed by atoms with van der Waals surface area (Å²) in [7, 11) is -3.44. The van der Waals surface area contributed by atoms with Gasteiger partial charge in [0.1, 0.15) is 10.7 Å². The number of rotatable bonds is 3. The molecule has 2 aliphatic rings. The van der Waals surface area contributed by atoms with Crippen LogP contribution in [0.4, 0.5) is 0 Å². The van der Waals surface area contributed by atoms with Gasteiger partial charge in [-0.25, -0.2) is 8.42 Å². The molecule has 1 N–H and O–H groups in total. The number of hydrogen-bond donors (Lipinski definition) is 1.